The molecule has 0 spiro atoms. The molecule has 0 atom stereocenters. The van der Waals surface area contributed by atoms with Gasteiger partial charge in [0.25, 0.3) is 0 Å². The van der Waals surface area contributed by atoms with Crippen LogP contribution in [-0.4, -0.2) is 14.9 Å². The second-order valence-corrected chi connectivity index (χ2v) is 5.34. The third kappa shape index (κ3) is 1.84. The molecule has 2 aromatic rings. The van der Waals surface area contributed by atoms with Crippen LogP contribution in [0.2, 0.25) is 0 Å². The van der Waals surface area contributed by atoms with Crippen molar-refractivity contribution in [3.8, 4) is 0 Å². The number of nitrogens with zero attached hydrogens (tertiary/aromatic N) is 2. The molecule has 0 unspecified atom stereocenters. The number of aromatic nitrogens is 2. The van der Waals surface area contributed by atoms with E-state index >= 15 is 0 Å². The lowest BCUT2D eigenvalue weighted by Crippen LogP contribution is -2.47. The summed E-state index contributed by atoms with van der Waals surface area (Å²) in [6.45, 7) is 5.32. The molecule has 2 aromatic heterocycles. The first-order chi connectivity index (χ1) is 8.18. The molecule has 0 aromatic carbocycles. The molecule has 1 N–H and O–H groups in total. The Balaban J connectivity index is 1.86. The van der Waals surface area contributed by atoms with Crippen molar-refractivity contribution in [2.75, 3.05) is 0 Å². The van der Waals surface area contributed by atoms with Gasteiger partial charge in [-0.15, -0.1) is 0 Å². The molecule has 90 valence electrons. The summed E-state index contributed by atoms with van der Waals surface area (Å²) in [5.74, 6) is 0. The van der Waals surface area contributed by atoms with E-state index in [1.165, 1.54) is 25.0 Å². The fourth-order valence-corrected chi connectivity index (χ4v) is 2.56. The van der Waals surface area contributed by atoms with Crippen LogP contribution in [0.3, 0.4) is 0 Å². The lowest BCUT2D eigenvalue weighted by Gasteiger charge is -2.39. The Kier molecular flexibility index (Phi) is 2.44. The van der Waals surface area contributed by atoms with Gasteiger partial charge in [-0.3, -0.25) is 0 Å². The van der Waals surface area contributed by atoms with Gasteiger partial charge in [0.2, 0.25) is 0 Å². The third-order valence-electron chi connectivity index (χ3n) is 3.97. The molecule has 1 aliphatic rings. The maximum Gasteiger partial charge on any atom is 0.137 e. The van der Waals surface area contributed by atoms with E-state index in [-0.39, 0.29) is 0 Å². The molecule has 1 aliphatic carbocycles. The quantitative estimate of drug-likeness (QED) is 0.876. The van der Waals surface area contributed by atoms with Crippen molar-refractivity contribution in [2.24, 2.45) is 0 Å². The Morgan fingerprint density at radius 3 is 2.94 bits per heavy atom. The highest BCUT2D eigenvalue weighted by atomic mass is 15.1. The van der Waals surface area contributed by atoms with Gasteiger partial charge in [0.15, 0.2) is 0 Å². The van der Waals surface area contributed by atoms with Gasteiger partial charge < -0.3 is 9.72 Å². The first-order valence-corrected chi connectivity index (χ1v) is 6.36. The number of hydrogen-bond acceptors (Lipinski definition) is 2. The minimum absolute atomic E-state index is 0.353. The van der Waals surface area contributed by atoms with Crippen molar-refractivity contribution in [2.45, 2.75) is 45.2 Å². The monoisotopic (exact) mass is 229 g/mol. The van der Waals surface area contributed by atoms with Gasteiger partial charge in [0, 0.05) is 18.3 Å². The smallest absolute Gasteiger partial charge is 0.137 e. The molecule has 0 radical (unpaired) electrons. The Hall–Kier alpha value is -1.35. The van der Waals surface area contributed by atoms with Crippen LogP contribution >= 0.6 is 0 Å². The van der Waals surface area contributed by atoms with Gasteiger partial charge >= 0.3 is 0 Å². The molecule has 0 aliphatic heterocycles. The van der Waals surface area contributed by atoms with Crippen LogP contribution in [-0.2, 0) is 6.54 Å². The topological polar surface area (TPSA) is 29.3 Å². The van der Waals surface area contributed by atoms with E-state index in [4.69, 9.17) is 0 Å². The van der Waals surface area contributed by atoms with Gasteiger partial charge in [-0.05, 0) is 45.2 Å². The van der Waals surface area contributed by atoms with Crippen LogP contribution in [0.25, 0.3) is 5.65 Å². The van der Waals surface area contributed by atoms with Gasteiger partial charge in [0.1, 0.15) is 5.65 Å². The Morgan fingerprint density at radius 2 is 2.24 bits per heavy atom. The van der Waals surface area contributed by atoms with Gasteiger partial charge in [-0.2, -0.15) is 0 Å². The predicted molar refractivity (Wildman–Crippen MR) is 69.0 cm³/mol. The summed E-state index contributed by atoms with van der Waals surface area (Å²) in [6.07, 6.45) is 6.04. The number of imidazole rings is 1. The van der Waals surface area contributed by atoms with Crippen molar-refractivity contribution in [1.29, 1.82) is 0 Å². The van der Waals surface area contributed by atoms with Gasteiger partial charge in [-0.25, -0.2) is 4.98 Å². The van der Waals surface area contributed by atoms with Crippen LogP contribution in [0.15, 0.2) is 24.4 Å². The average Bonchev–Trinajstić information content (AvgIpc) is 2.60. The van der Waals surface area contributed by atoms with Crippen LogP contribution in [0.1, 0.15) is 37.6 Å². The summed E-state index contributed by atoms with van der Waals surface area (Å²) < 4.78 is 2.18. The van der Waals surface area contributed by atoms with E-state index in [0.29, 0.717) is 5.54 Å². The minimum Gasteiger partial charge on any atom is -0.306 e. The van der Waals surface area contributed by atoms with E-state index < -0.39 is 0 Å². The molecule has 0 amide bonds. The first-order valence-electron chi connectivity index (χ1n) is 6.36. The largest absolute Gasteiger partial charge is 0.306 e. The SMILES string of the molecule is Cc1nc2ccccn2c1CNC1(C)CCC1. The molecule has 2 heterocycles. The lowest BCUT2D eigenvalue weighted by molar-refractivity contribution is 0.205. The Morgan fingerprint density at radius 1 is 1.41 bits per heavy atom. The van der Waals surface area contributed by atoms with Crippen molar-refractivity contribution in [3.63, 3.8) is 0 Å². The Bertz CT molecular complexity index is 537. The van der Waals surface area contributed by atoms with Crippen molar-refractivity contribution >= 4 is 5.65 Å². The fourth-order valence-electron chi connectivity index (χ4n) is 2.56. The van der Waals surface area contributed by atoms with Crippen molar-refractivity contribution in [1.82, 2.24) is 14.7 Å². The van der Waals surface area contributed by atoms with E-state index in [0.717, 1.165) is 17.9 Å². The van der Waals surface area contributed by atoms with E-state index in [2.05, 4.69) is 46.9 Å². The summed E-state index contributed by atoms with van der Waals surface area (Å²) in [4.78, 5) is 4.58. The zero-order valence-electron chi connectivity index (χ0n) is 10.5. The maximum atomic E-state index is 4.58. The zero-order valence-corrected chi connectivity index (χ0v) is 10.5. The standard InChI is InChI=1S/C14H19N3/c1-11-12(10-15-14(2)7-5-8-14)17-9-4-3-6-13(17)16-11/h3-4,6,9,15H,5,7-8,10H2,1-2H3. The number of rotatable bonds is 3. The second kappa shape index (κ2) is 3.84. The molecule has 1 fully saturated rings. The van der Waals surface area contributed by atoms with Crippen molar-refractivity contribution < 1.29 is 0 Å². The summed E-state index contributed by atoms with van der Waals surface area (Å²) in [6, 6.07) is 6.15. The van der Waals surface area contributed by atoms with Gasteiger partial charge in [0.05, 0.1) is 11.4 Å². The van der Waals surface area contributed by atoms with E-state index in [1.807, 2.05) is 6.07 Å². The van der Waals surface area contributed by atoms with E-state index in [9.17, 15) is 0 Å². The summed E-state index contributed by atoms with van der Waals surface area (Å²) in [5.41, 5.74) is 3.81. The molecule has 3 rings (SSSR count). The highest BCUT2D eigenvalue weighted by Crippen LogP contribution is 2.31. The number of aryl methyl sites for hydroxylation is 1. The van der Waals surface area contributed by atoms with Crippen LogP contribution in [0.4, 0.5) is 0 Å². The number of nitrogens with one attached hydrogen (secondary N) is 1. The third-order valence-corrected chi connectivity index (χ3v) is 3.97. The normalized spacial score (nSPS) is 18.2. The average molecular weight is 229 g/mol. The molecule has 1 saturated carbocycles. The van der Waals surface area contributed by atoms with Crippen molar-refractivity contribution in [3.05, 3.63) is 35.8 Å². The molecule has 0 saturated heterocycles. The number of hydrogen-bond donors (Lipinski definition) is 1. The summed E-state index contributed by atoms with van der Waals surface area (Å²) in [5, 5.41) is 3.67. The maximum absolute atomic E-state index is 4.58. The van der Waals surface area contributed by atoms with Gasteiger partial charge in [-0.1, -0.05) is 6.07 Å². The number of pyridine rings is 1. The highest BCUT2D eigenvalue weighted by Gasteiger charge is 2.31. The summed E-state index contributed by atoms with van der Waals surface area (Å²) >= 11 is 0. The first kappa shape index (κ1) is 10.8. The second-order valence-electron chi connectivity index (χ2n) is 5.34. The Labute approximate surface area is 102 Å². The van der Waals surface area contributed by atoms with Crippen LogP contribution in [0.5, 0.6) is 0 Å². The molecule has 0 bridgehead atoms. The molecular weight excluding hydrogens is 210 g/mol. The predicted octanol–water partition coefficient (Wildman–Crippen LogP) is 2.67. The highest BCUT2D eigenvalue weighted by molar-refractivity contribution is 5.42. The lowest BCUT2D eigenvalue weighted by atomic mass is 9.78. The zero-order chi connectivity index (χ0) is 11.9. The molecule has 3 nitrogen and oxygen atoms in total. The summed E-state index contributed by atoms with van der Waals surface area (Å²) in [7, 11) is 0. The molecular formula is C14H19N3. The fraction of sp³-hybridized carbons (Fsp3) is 0.500. The molecule has 17 heavy (non-hydrogen) atoms. The molecule has 3 heteroatoms. The van der Waals surface area contributed by atoms with E-state index in [1.54, 1.807) is 0 Å². The van der Waals surface area contributed by atoms with Crippen LogP contribution in [0, 0.1) is 6.92 Å². The van der Waals surface area contributed by atoms with Crippen LogP contribution < -0.4 is 5.32 Å². The number of fused-ring (bicyclic) bond motifs is 1. The minimum atomic E-state index is 0.353.